The zero-order valence-corrected chi connectivity index (χ0v) is 10.1. The van der Waals surface area contributed by atoms with E-state index in [1.165, 1.54) is 19.8 Å². The summed E-state index contributed by atoms with van der Waals surface area (Å²) in [6.07, 6.45) is 2.33. The molecule has 0 aromatic rings. The summed E-state index contributed by atoms with van der Waals surface area (Å²) in [5, 5.41) is 7.87. The number of likely N-dealkylation sites (tertiary alicyclic amines) is 1. The van der Waals surface area contributed by atoms with Crippen molar-refractivity contribution in [1.29, 1.82) is 0 Å². The molecule has 94 valence electrons. The van der Waals surface area contributed by atoms with Gasteiger partial charge in [-0.3, -0.25) is 4.79 Å². The van der Waals surface area contributed by atoms with E-state index in [0.717, 1.165) is 13.1 Å². The van der Waals surface area contributed by atoms with Crippen molar-refractivity contribution in [2.45, 2.75) is 25.8 Å². The summed E-state index contributed by atoms with van der Waals surface area (Å²) in [7, 11) is 3.58. The van der Waals surface area contributed by atoms with E-state index in [1.807, 2.05) is 4.90 Å². The molecule has 1 atom stereocenters. The number of hydrogen-bond acceptors (Lipinski definition) is 3. The second-order valence-electron chi connectivity index (χ2n) is 4.00. The van der Waals surface area contributed by atoms with Crippen LogP contribution in [0.5, 0.6) is 0 Å². The van der Waals surface area contributed by atoms with Gasteiger partial charge in [-0.25, -0.2) is 4.79 Å². The molecular formula is C10H21N3O3. The smallest absolute Gasteiger partial charge is 0.320 e. The molecule has 0 saturated carbocycles. The lowest BCUT2D eigenvalue weighted by Gasteiger charge is -2.20. The van der Waals surface area contributed by atoms with Crippen molar-refractivity contribution in [1.82, 2.24) is 9.80 Å². The molecule has 1 aliphatic heterocycles. The number of carboxylic acids is 1. The lowest BCUT2D eigenvalue weighted by molar-refractivity contribution is -0.138. The van der Waals surface area contributed by atoms with Crippen LogP contribution in [0.4, 0.5) is 4.79 Å². The van der Waals surface area contributed by atoms with E-state index in [1.54, 1.807) is 19.0 Å². The molecule has 0 aromatic heterocycles. The van der Waals surface area contributed by atoms with Gasteiger partial charge in [-0.1, -0.05) is 0 Å². The van der Waals surface area contributed by atoms with Crippen LogP contribution in [0.1, 0.15) is 19.8 Å². The Balaban J connectivity index is 0.000000325. The van der Waals surface area contributed by atoms with Gasteiger partial charge in [0.25, 0.3) is 0 Å². The molecule has 1 saturated heterocycles. The minimum absolute atomic E-state index is 0.150. The van der Waals surface area contributed by atoms with E-state index in [0.29, 0.717) is 0 Å². The predicted molar refractivity (Wildman–Crippen MR) is 61.2 cm³/mol. The first-order valence-electron chi connectivity index (χ1n) is 5.31. The van der Waals surface area contributed by atoms with Crippen LogP contribution in [0.2, 0.25) is 0 Å². The SMILES string of the molecule is CN(C)C(=O)N1CCCC1.C[C@H](N)C(=O)O. The molecule has 1 fully saturated rings. The zero-order valence-electron chi connectivity index (χ0n) is 10.1. The molecule has 1 heterocycles. The molecule has 0 aliphatic carbocycles. The highest BCUT2D eigenvalue weighted by atomic mass is 16.4. The van der Waals surface area contributed by atoms with E-state index in [9.17, 15) is 9.59 Å². The maximum absolute atomic E-state index is 11.2. The molecule has 1 aliphatic rings. The van der Waals surface area contributed by atoms with Gasteiger partial charge < -0.3 is 20.6 Å². The van der Waals surface area contributed by atoms with E-state index in [2.05, 4.69) is 0 Å². The summed E-state index contributed by atoms with van der Waals surface area (Å²) in [6.45, 7) is 3.30. The molecule has 6 heteroatoms. The molecule has 0 unspecified atom stereocenters. The number of rotatable bonds is 1. The number of nitrogens with zero attached hydrogens (tertiary/aromatic N) is 2. The lowest BCUT2D eigenvalue weighted by Crippen LogP contribution is -2.36. The quantitative estimate of drug-likeness (QED) is 0.674. The maximum Gasteiger partial charge on any atom is 0.320 e. The van der Waals surface area contributed by atoms with Crippen LogP contribution in [-0.2, 0) is 4.79 Å². The summed E-state index contributed by atoms with van der Waals surface area (Å²) in [5.74, 6) is -0.963. The van der Waals surface area contributed by atoms with Gasteiger partial charge in [0.15, 0.2) is 0 Å². The highest BCUT2D eigenvalue weighted by Gasteiger charge is 2.18. The van der Waals surface area contributed by atoms with E-state index in [-0.39, 0.29) is 6.03 Å². The Morgan fingerprint density at radius 3 is 1.94 bits per heavy atom. The maximum atomic E-state index is 11.2. The monoisotopic (exact) mass is 231 g/mol. The standard InChI is InChI=1S/C7H14N2O.C3H7NO2/c1-8(2)7(10)9-5-3-4-6-9;1-2(4)3(5)6/h3-6H2,1-2H3;2H,4H2,1H3,(H,5,6)/t;2-/m.0/s1. The van der Waals surface area contributed by atoms with E-state index in [4.69, 9.17) is 10.8 Å². The summed E-state index contributed by atoms with van der Waals surface area (Å²) < 4.78 is 0. The fraction of sp³-hybridized carbons (Fsp3) is 0.800. The Kier molecular flexibility index (Phi) is 6.48. The summed E-state index contributed by atoms with van der Waals surface area (Å²) >= 11 is 0. The van der Waals surface area contributed by atoms with E-state index < -0.39 is 12.0 Å². The number of aliphatic carboxylic acids is 1. The Labute approximate surface area is 96.0 Å². The van der Waals surface area contributed by atoms with Crippen molar-refractivity contribution >= 4 is 12.0 Å². The third-order valence-corrected chi connectivity index (χ3v) is 2.15. The number of hydrogen-bond donors (Lipinski definition) is 2. The molecule has 1 rings (SSSR count). The summed E-state index contributed by atoms with van der Waals surface area (Å²) in [5.41, 5.74) is 4.84. The first kappa shape index (κ1) is 14.7. The summed E-state index contributed by atoms with van der Waals surface area (Å²) in [4.78, 5) is 24.3. The first-order valence-corrected chi connectivity index (χ1v) is 5.31. The number of nitrogens with two attached hydrogens (primary N) is 1. The molecule has 0 radical (unpaired) electrons. The number of amides is 2. The molecule has 0 aromatic carbocycles. The topological polar surface area (TPSA) is 86.9 Å². The lowest BCUT2D eigenvalue weighted by atomic mass is 10.4. The fourth-order valence-corrected chi connectivity index (χ4v) is 1.19. The Hall–Kier alpha value is -1.30. The molecule has 0 spiro atoms. The second kappa shape index (κ2) is 7.05. The van der Waals surface area contributed by atoms with Crippen molar-refractivity contribution in [3.05, 3.63) is 0 Å². The van der Waals surface area contributed by atoms with Gasteiger partial charge in [-0.2, -0.15) is 0 Å². The van der Waals surface area contributed by atoms with Crippen LogP contribution in [0.25, 0.3) is 0 Å². The van der Waals surface area contributed by atoms with Crippen molar-refractivity contribution in [3.8, 4) is 0 Å². The van der Waals surface area contributed by atoms with Crippen molar-refractivity contribution in [2.24, 2.45) is 5.73 Å². The molecule has 2 amide bonds. The second-order valence-corrected chi connectivity index (χ2v) is 4.00. The highest BCUT2D eigenvalue weighted by molar-refractivity contribution is 5.74. The van der Waals surface area contributed by atoms with Crippen LogP contribution in [0.3, 0.4) is 0 Å². The van der Waals surface area contributed by atoms with Crippen molar-refractivity contribution in [3.63, 3.8) is 0 Å². The summed E-state index contributed by atoms with van der Waals surface area (Å²) in [6, 6.07) is -0.581. The average Bonchev–Trinajstić information content (AvgIpc) is 2.69. The fourth-order valence-electron chi connectivity index (χ4n) is 1.19. The van der Waals surface area contributed by atoms with Gasteiger partial charge >= 0.3 is 12.0 Å². The Bertz CT molecular complexity index is 235. The highest BCUT2D eigenvalue weighted by Crippen LogP contribution is 2.08. The van der Waals surface area contributed by atoms with Gasteiger partial charge in [0.05, 0.1) is 0 Å². The zero-order chi connectivity index (χ0) is 12.7. The van der Waals surface area contributed by atoms with Gasteiger partial charge in [0.1, 0.15) is 6.04 Å². The molecule has 0 bridgehead atoms. The van der Waals surface area contributed by atoms with Gasteiger partial charge in [-0.15, -0.1) is 0 Å². The Morgan fingerprint density at radius 2 is 1.69 bits per heavy atom. The van der Waals surface area contributed by atoms with Crippen LogP contribution in [0.15, 0.2) is 0 Å². The van der Waals surface area contributed by atoms with Crippen LogP contribution >= 0.6 is 0 Å². The largest absolute Gasteiger partial charge is 0.480 e. The van der Waals surface area contributed by atoms with Crippen LogP contribution in [0, 0.1) is 0 Å². The molecule has 16 heavy (non-hydrogen) atoms. The molecular weight excluding hydrogens is 210 g/mol. The number of urea groups is 1. The molecule has 6 nitrogen and oxygen atoms in total. The van der Waals surface area contributed by atoms with Gasteiger partial charge in [-0.05, 0) is 19.8 Å². The van der Waals surface area contributed by atoms with Crippen molar-refractivity contribution < 1.29 is 14.7 Å². The average molecular weight is 231 g/mol. The Morgan fingerprint density at radius 1 is 1.31 bits per heavy atom. The van der Waals surface area contributed by atoms with Crippen LogP contribution in [-0.4, -0.2) is 60.1 Å². The minimum atomic E-state index is -0.963. The van der Waals surface area contributed by atoms with Crippen LogP contribution < -0.4 is 5.73 Å². The minimum Gasteiger partial charge on any atom is -0.480 e. The van der Waals surface area contributed by atoms with Gasteiger partial charge in [0.2, 0.25) is 0 Å². The van der Waals surface area contributed by atoms with Crippen molar-refractivity contribution in [2.75, 3.05) is 27.2 Å². The first-order chi connectivity index (χ1) is 7.36. The number of carbonyl (C=O) groups is 2. The predicted octanol–water partition coefficient (Wildman–Crippen LogP) is 0.182. The number of carboxylic acid groups (broad SMARTS) is 1. The van der Waals surface area contributed by atoms with E-state index >= 15 is 0 Å². The third kappa shape index (κ3) is 5.55. The molecule has 3 N–H and O–H groups in total. The normalized spacial score (nSPS) is 16.1. The van der Waals surface area contributed by atoms with Gasteiger partial charge in [0, 0.05) is 27.2 Å². The number of carbonyl (C=O) groups excluding carboxylic acids is 1. The third-order valence-electron chi connectivity index (χ3n) is 2.15.